The van der Waals surface area contributed by atoms with Crippen LogP contribution in [0, 0.1) is 0 Å². The highest BCUT2D eigenvalue weighted by molar-refractivity contribution is 7.19. The summed E-state index contributed by atoms with van der Waals surface area (Å²) in [7, 11) is 1.59. The third kappa shape index (κ3) is 5.96. The summed E-state index contributed by atoms with van der Waals surface area (Å²) < 4.78 is 16.6. The average Bonchev–Trinajstić information content (AvgIpc) is 3.44. The Bertz CT molecular complexity index is 1710. The van der Waals surface area contributed by atoms with Crippen LogP contribution in [-0.2, 0) is 14.3 Å². The predicted octanol–water partition coefficient (Wildman–Crippen LogP) is 4.12. The van der Waals surface area contributed by atoms with Crippen LogP contribution in [0.5, 0.6) is 5.75 Å². The second-order valence-electron chi connectivity index (χ2n) is 9.60. The second kappa shape index (κ2) is 12.4. The van der Waals surface area contributed by atoms with Crippen molar-refractivity contribution in [2.24, 2.45) is 15.7 Å². The summed E-state index contributed by atoms with van der Waals surface area (Å²) in [4.78, 5) is 28.9. The van der Waals surface area contributed by atoms with Crippen molar-refractivity contribution in [1.82, 2.24) is 4.98 Å². The molecule has 0 saturated carbocycles. The van der Waals surface area contributed by atoms with Gasteiger partial charge in [0.2, 0.25) is 6.17 Å². The summed E-state index contributed by atoms with van der Waals surface area (Å²) in [6, 6.07) is 23.9. The van der Waals surface area contributed by atoms with E-state index in [1.54, 1.807) is 13.2 Å². The summed E-state index contributed by atoms with van der Waals surface area (Å²) in [6.07, 6.45) is -1.27. The molecule has 0 aliphatic carbocycles. The number of benzene rings is 3. The zero-order valence-electron chi connectivity index (χ0n) is 23.3. The number of carbonyl (C=O) groups excluding carboxylic acids is 1. The average molecular weight is 595 g/mol. The molecule has 1 aromatic heterocycles. The molecule has 0 spiro atoms. The summed E-state index contributed by atoms with van der Waals surface area (Å²) in [5.74, 6) is -0.402. The zero-order valence-corrected chi connectivity index (χ0v) is 24.1. The highest BCUT2D eigenvalue weighted by atomic mass is 32.1. The summed E-state index contributed by atoms with van der Waals surface area (Å²) in [5, 5.41) is 15.3. The number of aromatic nitrogens is 1. The Morgan fingerprint density at radius 2 is 1.74 bits per heavy atom. The molecule has 2 aliphatic heterocycles. The molecule has 11 nitrogen and oxygen atoms in total. The van der Waals surface area contributed by atoms with Crippen LogP contribution in [0.3, 0.4) is 0 Å². The Morgan fingerprint density at radius 3 is 2.51 bits per heavy atom. The number of nitrogens with one attached hydrogen (secondary N) is 1. The lowest BCUT2D eigenvalue weighted by Gasteiger charge is -2.28. The van der Waals surface area contributed by atoms with Crippen LogP contribution in [0.2, 0.25) is 0 Å². The standard InChI is InChI=1S/C31H28N7O4S/c1-40-23-14-8-6-12-21(23)29-36-25(30(43-29)38-15-17-41-18-16-38)26(32)42-31(33)37-27-28(39)34-22-13-7-5-11-20(22)24(35-27)19-9-3-2-4-10-19/h2-14,27H,15-18H2,1H3,(H2,33,37)(H,34,39)/q-1/t27-/m1/s1. The molecule has 1 amide bonds. The van der Waals surface area contributed by atoms with E-state index in [9.17, 15) is 10.2 Å². The maximum Gasteiger partial charge on any atom is 0.288 e. The first kappa shape index (κ1) is 28.1. The Hall–Kier alpha value is -5.07. The summed E-state index contributed by atoms with van der Waals surface area (Å²) in [6.45, 7) is 2.29. The number of hydrogen-bond acceptors (Lipinski definition) is 9. The van der Waals surface area contributed by atoms with Crippen LogP contribution in [0.1, 0.15) is 16.8 Å². The number of amides is 1. The first-order valence-corrected chi connectivity index (χ1v) is 14.4. The molecule has 1 atom stereocenters. The van der Waals surface area contributed by atoms with Gasteiger partial charge in [0.1, 0.15) is 21.5 Å². The molecule has 12 heteroatoms. The minimum absolute atomic E-state index is 0.192. The quantitative estimate of drug-likeness (QED) is 0.252. The lowest BCUT2D eigenvalue weighted by Crippen LogP contribution is -2.36. The highest BCUT2D eigenvalue weighted by Crippen LogP contribution is 2.39. The summed E-state index contributed by atoms with van der Waals surface area (Å²) in [5.41, 5.74) is 9.84. The van der Waals surface area contributed by atoms with Crippen molar-refractivity contribution in [2.45, 2.75) is 6.17 Å². The number of ether oxygens (including phenoxy) is 3. The van der Waals surface area contributed by atoms with Gasteiger partial charge in [0.25, 0.3) is 11.9 Å². The second-order valence-corrected chi connectivity index (χ2v) is 10.6. The molecule has 1 saturated heterocycles. The van der Waals surface area contributed by atoms with E-state index < -0.39 is 24.0 Å². The number of hydrogen-bond donors (Lipinski definition) is 2. The molecule has 0 radical (unpaired) electrons. The van der Waals surface area contributed by atoms with Gasteiger partial charge in [-0.05, 0) is 18.2 Å². The maximum atomic E-state index is 13.2. The first-order chi connectivity index (χ1) is 21.0. The van der Waals surface area contributed by atoms with Crippen LogP contribution in [0.4, 0.5) is 10.7 Å². The summed E-state index contributed by atoms with van der Waals surface area (Å²) >= 11 is 1.39. The fourth-order valence-electron chi connectivity index (χ4n) is 4.82. The van der Waals surface area contributed by atoms with Gasteiger partial charge in [-0.2, -0.15) is 4.99 Å². The van der Waals surface area contributed by atoms with Gasteiger partial charge < -0.3 is 35.6 Å². The molecule has 3 N–H and O–H groups in total. The van der Waals surface area contributed by atoms with E-state index in [0.717, 1.165) is 16.7 Å². The van der Waals surface area contributed by atoms with Gasteiger partial charge in [-0.25, -0.2) is 9.98 Å². The van der Waals surface area contributed by atoms with Gasteiger partial charge in [-0.1, -0.05) is 72.0 Å². The molecule has 0 unspecified atom stereocenters. The number of nitrogens with zero attached hydrogens (tertiary/aromatic N) is 5. The molecule has 43 heavy (non-hydrogen) atoms. The lowest BCUT2D eigenvalue weighted by molar-refractivity contribution is -0.117. The van der Waals surface area contributed by atoms with Gasteiger partial charge in [0.15, 0.2) is 0 Å². The number of morpholine rings is 1. The van der Waals surface area contributed by atoms with Gasteiger partial charge >= 0.3 is 0 Å². The number of methoxy groups -OCH3 is 1. The number of anilines is 2. The van der Waals surface area contributed by atoms with Gasteiger partial charge in [-0.15, -0.1) is 0 Å². The predicted molar refractivity (Wildman–Crippen MR) is 168 cm³/mol. The monoisotopic (exact) mass is 594 g/mol. The van der Waals surface area contributed by atoms with Crippen molar-refractivity contribution in [3.63, 3.8) is 0 Å². The number of carbonyl (C=O) groups is 1. The number of rotatable bonds is 6. The number of amidine groups is 1. The number of para-hydroxylation sites is 2. The zero-order chi connectivity index (χ0) is 29.8. The molecule has 4 aromatic rings. The van der Waals surface area contributed by atoms with Crippen molar-refractivity contribution in [2.75, 3.05) is 43.6 Å². The molecule has 3 aromatic carbocycles. The number of benzodiazepines with no additional fused rings is 1. The van der Waals surface area contributed by atoms with Crippen LogP contribution in [0.25, 0.3) is 16.0 Å². The Kier molecular flexibility index (Phi) is 8.11. The number of aliphatic imine (C=N–C) groups is 2. The molecular formula is C31H28N7O4S-. The Balaban J connectivity index is 1.32. The third-order valence-electron chi connectivity index (χ3n) is 6.87. The molecule has 3 heterocycles. The van der Waals surface area contributed by atoms with E-state index >= 15 is 0 Å². The fraction of sp³-hybridized carbons (Fsp3) is 0.194. The maximum absolute atomic E-state index is 13.2. The fourth-order valence-corrected chi connectivity index (χ4v) is 5.96. The lowest BCUT2D eigenvalue weighted by atomic mass is 10.0. The normalized spacial score (nSPS) is 16.9. The van der Waals surface area contributed by atoms with Gasteiger partial charge in [-0.3, -0.25) is 4.79 Å². The van der Waals surface area contributed by atoms with E-state index in [1.807, 2.05) is 72.8 Å². The van der Waals surface area contributed by atoms with Gasteiger partial charge in [0.05, 0.1) is 37.3 Å². The van der Waals surface area contributed by atoms with Crippen molar-refractivity contribution in [3.8, 4) is 16.3 Å². The molecule has 2 aliphatic rings. The smallest absolute Gasteiger partial charge is 0.288 e. The highest BCUT2D eigenvalue weighted by Gasteiger charge is 2.27. The van der Waals surface area contributed by atoms with E-state index in [2.05, 4.69) is 20.2 Å². The Labute approximate surface area is 252 Å². The minimum atomic E-state index is -1.27. The minimum Gasteiger partial charge on any atom is -0.769 e. The van der Waals surface area contributed by atoms with Gasteiger partial charge in [0, 0.05) is 30.1 Å². The van der Waals surface area contributed by atoms with Crippen molar-refractivity contribution < 1.29 is 19.0 Å². The van der Waals surface area contributed by atoms with E-state index in [4.69, 9.17) is 24.9 Å². The molecule has 6 rings (SSSR count). The number of thiazole rings is 1. The molecular weight excluding hydrogens is 566 g/mol. The topological polar surface area (TPSA) is 146 Å². The number of nitrogens with two attached hydrogens (primary N) is 1. The van der Waals surface area contributed by atoms with Crippen molar-refractivity contribution in [3.05, 3.63) is 101 Å². The van der Waals surface area contributed by atoms with E-state index in [-0.39, 0.29) is 5.69 Å². The van der Waals surface area contributed by atoms with Crippen LogP contribution in [0.15, 0.2) is 88.8 Å². The van der Waals surface area contributed by atoms with E-state index in [1.165, 1.54) is 11.3 Å². The van der Waals surface area contributed by atoms with E-state index in [0.29, 0.717) is 53.5 Å². The van der Waals surface area contributed by atoms with Crippen molar-refractivity contribution >= 4 is 45.6 Å². The van der Waals surface area contributed by atoms with Crippen LogP contribution >= 0.6 is 11.3 Å². The SMILES string of the molecule is COc1ccccc1-c1nc(C(=[N-])O/C(N)=N/[C@H]2N=C(c3ccccc3)c3ccccc3NC2=O)c(N2CCOCC2)s1. The molecule has 1 fully saturated rings. The first-order valence-electron chi connectivity index (χ1n) is 13.6. The molecule has 0 bridgehead atoms. The molecule has 218 valence electrons. The van der Waals surface area contributed by atoms with Crippen molar-refractivity contribution in [1.29, 1.82) is 0 Å². The Morgan fingerprint density at radius 1 is 1.05 bits per heavy atom. The third-order valence-corrected chi connectivity index (χ3v) is 8.02. The van der Waals surface area contributed by atoms with Crippen LogP contribution < -0.4 is 20.7 Å². The number of fused-ring (bicyclic) bond motifs is 1. The largest absolute Gasteiger partial charge is 0.769 e. The van der Waals surface area contributed by atoms with Crippen LogP contribution in [-0.4, -0.2) is 68.1 Å².